The van der Waals surface area contributed by atoms with Crippen molar-refractivity contribution < 1.29 is 13.8 Å². The minimum Gasteiger partial charge on any atom is -0.374 e. The first-order chi connectivity index (χ1) is 6.49. The van der Waals surface area contributed by atoms with Gasteiger partial charge in [-0.25, -0.2) is 0 Å². The lowest BCUT2D eigenvalue weighted by Crippen LogP contribution is -2.08. The molecule has 0 aromatic rings. The molecule has 0 saturated heterocycles. The van der Waals surface area contributed by atoms with Gasteiger partial charge in [-0.1, -0.05) is 0 Å². The lowest BCUT2D eigenvalue weighted by Gasteiger charge is -2.13. The summed E-state index contributed by atoms with van der Waals surface area (Å²) in [6.07, 6.45) is 1.27. The molecule has 7 heteroatoms. The van der Waals surface area contributed by atoms with E-state index in [1.165, 1.54) is 0 Å². The van der Waals surface area contributed by atoms with Crippen LogP contribution in [0.1, 0.15) is 6.42 Å². The van der Waals surface area contributed by atoms with Gasteiger partial charge in [0.25, 0.3) is 0 Å². The molecule has 0 rings (SSSR count). The Bertz CT molecular complexity index is 185. The standard InChI is InChI=1S/C7H19BO3P3/c1-14(2,9)6-10-4-3-7(8-12)5-11-13/h7H,3-6,12-13H2,1-2H3. The Morgan fingerprint density at radius 1 is 1.50 bits per heavy atom. The number of rotatable bonds is 8. The van der Waals surface area contributed by atoms with Crippen LogP contribution in [0.25, 0.3) is 0 Å². The van der Waals surface area contributed by atoms with Gasteiger partial charge < -0.3 is 13.8 Å². The van der Waals surface area contributed by atoms with Gasteiger partial charge >= 0.3 is 0 Å². The molecule has 0 aliphatic carbocycles. The molecule has 83 valence electrons. The molecule has 0 fully saturated rings. The van der Waals surface area contributed by atoms with Crippen molar-refractivity contribution >= 4 is 32.7 Å². The van der Waals surface area contributed by atoms with Crippen LogP contribution in [0, 0.1) is 0 Å². The minimum atomic E-state index is -2.02. The van der Waals surface area contributed by atoms with Crippen LogP contribution in [0.15, 0.2) is 0 Å². The average molecular weight is 255 g/mol. The molecule has 3 atom stereocenters. The van der Waals surface area contributed by atoms with E-state index >= 15 is 0 Å². The summed E-state index contributed by atoms with van der Waals surface area (Å²) in [6, 6.07) is 0. The second-order valence-electron chi connectivity index (χ2n) is 3.69. The summed E-state index contributed by atoms with van der Waals surface area (Å²) in [6.45, 7) is 6.80. The molecule has 0 aromatic heterocycles. The first-order valence-corrected chi connectivity index (χ1v) is 8.40. The van der Waals surface area contributed by atoms with Crippen molar-refractivity contribution in [3.63, 3.8) is 0 Å². The van der Waals surface area contributed by atoms with E-state index in [0.29, 0.717) is 25.4 Å². The third kappa shape index (κ3) is 9.62. The zero-order chi connectivity index (χ0) is 11.0. The van der Waals surface area contributed by atoms with Gasteiger partial charge in [0.1, 0.15) is 14.1 Å². The second kappa shape index (κ2) is 8.25. The monoisotopic (exact) mass is 255 g/mol. The van der Waals surface area contributed by atoms with E-state index in [2.05, 4.69) is 18.6 Å². The van der Waals surface area contributed by atoms with Crippen molar-refractivity contribution in [2.75, 3.05) is 32.9 Å². The van der Waals surface area contributed by atoms with Crippen LogP contribution in [-0.4, -0.2) is 39.9 Å². The zero-order valence-corrected chi connectivity index (χ0v) is 12.0. The van der Waals surface area contributed by atoms with E-state index in [1.54, 1.807) is 13.3 Å². The third-order valence-corrected chi connectivity index (χ3v) is 3.16. The lowest BCUT2D eigenvalue weighted by molar-refractivity contribution is 0.166. The summed E-state index contributed by atoms with van der Waals surface area (Å²) < 4.78 is 21.6. The molecule has 3 unspecified atom stereocenters. The molecule has 1 radical (unpaired) electrons. The Morgan fingerprint density at radius 2 is 2.14 bits per heavy atom. The quantitative estimate of drug-likeness (QED) is 0.378. The molecule has 0 saturated carbocycles. The Morgan fingerprint density at radius 3 is 2.57 bits per heavy atom. The van der Waals surface area contributed by atoms with Gasteiger partial charge in [-0.3, -0.25) is 0 Å². The van der Waals surface area contributed by atoms with Crippen molar-refractivity contribution in [1.29, 1.82) is 0 Å². The summed E-state index contributed by atoms with van der Waals surface area (Å²) in [5.74, 6) is 0.380. The van der Waals surface area contributed by atoms with Crippen LogP contribution < -0.4 is 0 Å². The number of ether oxygens (including phenoxy) is 1. The Hall–Kier alpha value is 1.07. The molecule has 0 heterocycles. The Balaban J connectivity index is 3.47. The van der Waals surface area contributed by atoms with E-state index in [4.69, 9.17) is 9.26 Å². The summed E-state index contributed by atoms with van der Waals surface area (Å²) in [5.41, 5.74) is 0. The maximum absolute atomic E-state index is 11.3. The third-order valence-electron chi connectivity index (χ3n) is 1.62. The first-order valence-electron chi connectivity index (χ1n) is 4.48. The highest BCUT2D eigenvalue weighted by Crippen LogP contribution is 2.35. The van der Waals surface area contributed by atoms with Crippen LogP contribution in [0.5, 0.6) is 0 Å². The van der Waals surface area contributed by atoms with Gasteiger partial charge in [-0.2, -0.15) is 9.12 Å². The van der Waals surface area contributed by atoms with E-state index in [9.17, 15) is 4.57 Å². The van der Waals surface area contributed by atoms with E-state index in [0.717, 1.165) is 6.42 Å². The average Bonchev–Trinajstić information content (AvgIpc) is 2.08. The predicted octanol–water partition coefficient (Wildman–Crippen LogP) is 2.06. The Labute approximate surface area is 92.1 Å². The minimum absolute atomic E-state index is 0.373. The fraction of sp³-hybridized carbons (Fsp3) is 1.00. The van der Waals surface area contributed by atoms with Crippen LogP contribution in [0.2, 0.25) is 5.82 Å². The smallest absolute Gasteiger partial charge is 0.144 e. The maximum Gasteiger partial charge on any atom is 0.144 e. The molecular weight excluding hydrogens is 236 g/mol. The van der Waals surface area contributed by atoms with Crippen molar-refractivity contribution in [3.05, 3.63) is 0 Å². The van der Waals surface area contributed by atoms with Gasteiger partial charge in [0.15, 0.2) is 0 Å². The molecule has 3 nitrogen and oxygen atoms in total. The number of hydrogen-bond acceptors (Lipinski definition) is 3. The van der Waals surface area contributed by atoms with Crippen LogP contribution in [0.4, 0.5) is 0 Å². The topological polar surface area (TPSA) is 35.5 Å². The summed E-state index contributed by atoms with van der Waals surface area (Å²) >= 11 is 0. The first kappa shape index (κ1) is 15.1. The van der Waals surface area contributed by atoms with Gasteiger partial charge in [0.2, 0.25) is 0 Å². The van der Waals surface area contributed by atoms with Gasteiger partial charge in [0, 0.05) is 22.7 Å². The molecule has 0 amide bonds. The van der Waals surface area contributed by atoms with Crippen LogP contribution in [0.3, 0.4) is 0 Å². The molecule has 14 heavy (non-hydrogen) atoms. The molecule has 0 bridgehead atoms. The van der Waals surface area contributed by atoms with Crippen molar-refractivity contribution in [1.82, 2.24) is 0 Å². The van der Waals surface area contributed by atoms with Crippen molar-refractivity contribution in [2.24, 2.45) is 0 Å². The lowest BCUT2D eigenvalue weighted by atomic mass is 9.84. The van der Waals surface area contributed by atoms with Crippen LogP contribution in [-0.2, 0) is 13.8 Å². The molecular formula is C7H19BO3P3. The van der Waals surface area contributed by atoms with Gasteiger partial charge in [-0.15, -0.1) is 0 Å². The summed E-state index contributed by atoms with van der Waals surface area (Å²) in [5, 5.41) is 0. The number of hydrogen-bond donors (Lipinski definition) is 0. The highest BCUT2D eigenvalue weighted by Gasteiger charge is 2.09. The van der Waals surface area contributed by atoms with Gasteiger partial charge in [0.05, 0.1) is 6.35 Å². The zero-order valence-electron chi connectivity index (χ0n) is 8.81. The van der Waals surface area contributed by atoms with E-state index in [-0.39, 0.29) is 0 Å². The summed E-state index contributed by atoms with van der Waals surface area (Å²) in [7, 11) is 2.79. The SMILES string of the molecule is CP(C)(=O)COCCC([B]P)COP. The highest BCUT2D eigenvalue weighted by molar-refractivity contribution is 7.62. The largest absolute Gasteiger partial charge is 0.374 e. The predicted molar refractivity (Wildman–Crippen MR) is 69.8 cm³/mol. The maximum atomic E-state index is 11.3. The molecule has 0 aliphatic heterocycles. The molecule has 0 aromatic carbocycles. The van der Waals surface area contributed by atoms with Crippen molar-refractivity contribution in [2.45, 2.75) is 12.2 Å². The molecule has 0 aliphatic rings. The second-order valence-corrected chi connectivity index (χ2v) is 7.81. The van der Waals surface area contributed by atoms with Crippen molar-refractivity contribution in [3.8, 4) is 0 Å². The Kier molecular flexibility index (Phi) is 8.89. The fourth-order valence-corrected chi connectivity index (χ4v) is 2.00. The molecule has 0 spiro atoms. The fourth-order valence-electron chi connectivity index (χ4n) is 0.878. The van der Waals surface area contributed by atoms with E-state index < -0.39 is 7.14 Å². The normalized spacial score (nSPS) is 14.0. The highest BCUT2D eigenvalue weighted by atomic mass is 31.2. The summed E-state index contributed by atoms with van der Waals surface area (Å²) in [4.78, 5) is 0. The van der Waals surface area contributed by atoms with Crippen LogP contribution >= 0.6 is 25.7 Å². The van der Waals surface area contributed by atoms with Gasteiger partial charge in [-0.05, 0) is 25.6 Å². The molecule has 0 N–H and O–H groups in total. The van der Waals surface area contributed by atoms with E-state index in [1.807, 2.05) is 7.00 Å².